The van der Waals surface area contributed by atoms with Crippen molar-refractivity contribution >= 4 is 11.8 Å². The SMILES string of the molecule is Cc1ccoc1CSCC#N. The van der Waals surface area contributed by atoms with Gasteiger partial charge in [0.1, 0.15) is 5.76 Å². The number of hydrogen-bond acceptors (Lipinski definition) is 3. The Morgan fingerprint density at radius 2 is 2.55 bits per heavy atom. The molecule has 1 heterocycles. The summed E-state index contributed by atoms with van der Waals surface area (Å²) in [6, 6.07) is 4.00. The highest BCUT2D eigenvalue weighted by atomic mass is 32.2. The van der Waals surface area contributed by atoms with Crippen molar-refractivity contribution in [3.05, 3.63) is 23.7 Å². The summed E-state index contributed by atoms with van der Waals surface area (Å²) >= 11 is 1.57. The largest absolute Gasteiger partial charge is 0.468 e. The van der Waals surface area contributed by atoms with E-state index < -0.39 is 0 Å². The lowest BCUT2D eigenvalue weighted by Gasteiger charge is -1.93. The van der Waals surface area contributed by atoms with Crippen LogP contribution in [0.25, 0.3) is 0 Å². The van der Waals surface area contributed by atoms with Gasteiger partial charge in [-0.25, -0.2) is 0 Å². The molecule has 0 aliphatic heterocycles. The second kappa shape index (κ2) is 4.09. The average molecular weight is 167 g/mol. The van der Waals surface area contributed by atoms with E-state index in [-0.39, 0.29) is 0 Å². The summed E-state index contributed by atoms with van der Waals surface area (Å²) in [6.45, 7) is 2.01. The van der Waals surface area contributed by atoms with Gasteiger partial charge in [0.05, 0.1) is 23.8 Å². The van der Waals surface area contributed by atoms with E-state index in [4.69, 9.17) is 9.68 Å². The maximum absolute atomic E-state index is 8.26. The van der Waals surface area contributed by atoms with Crippen LogP contribution in [0.3, 0.4) is 0 Å². The highest BCUT2D eigenvalue weighted by Crippen LogP contribution is 2.15. The van der Waals surface area contributed by atoms with Crippen LogP contribution in [0, 0.1) is 18.3 Å². The van der Waals surface area contributed by atoms with Crippen molar-refractivity contribution in [3.63, 3.8) is 0 Å². The van der Waals surface area contributed by atoms with Crippen LogP contribution in [0.4, 0.5) is 0 Å². The molecule has 0 saturated heterocycles. The molecule has 0 fully saturated rings. The van der Waals surface area contributed by atoms with Crippen LogP contribution in [-0.4, -0.2) is 5.75 Å². The van der Waals surface area contributed by atoms with Gasteiger partial charge in [-0.1, -0.05) is 0 Å². The topological polar surface area (TPSA) is 36.9 Å². The molecule has 1 rings (SSSR count). The lowest BCUT2D eigenvalue weighted by Crippen LogP contribution is -1.80. The number of rotatable bonds is 3. The molecular formula is C8H9NOS. The third-order valence-corrected chi connectivity index (χ3v) is 2.17. The van der Waals surface area contributed by atoms with E-state index in [2.05, 4.69) is 6.07 Å². The predicted octanol–water partition coefficient (Wildman–Crippen LogP) is 2.34. The Bertz CT molecular complexity index is 261. The molecule has 0 aromatic carbocycles. The predicted molar refractivity (Wildman–Crippen MR) is 45.2 cm³/mol. The molecule has 0 saturated carbocycles. The van der Waals surface area contributed by atoms with Crippen LogP contribution in [0.5, 0.6) is 0 Å². The number of nitrogens with zero attached hydrogens (tertiary/aromatic N) is 1. The number of aryl methyl sites for hydroxylation is 1. The third-order valence-electron chi connectivity index (χ3n) is 1.37. The molecule has 1 aromatic rings. The number of furan rings is 1. The second-order valence-electron chi connectivity index (χ2n) is 2.18. The Morgan fingerprint density at radius 3 is 3.09 bits per heavy atom. The van der Waals surface area contributed by atoms with Crippen molar-refractivity contribution in [2.75, 3.05) is 5.75 Å². The van der Waals surface area contributed by atoms with Crippen LogP contribution >= 0.6 is 11.8 Å². The van der Waals surface area contributed by atoms with Crippen molar-refractivity contribution in [3.8, 4) is 6.07 Å². The minimum absolute atomic E-state index is 0.528. The van der Waals surface area contributed by atoms with Gasteiger partial charge in [0, 0.05) is 0 Å². The minimum atomic E-state index is 0.528. The van der Waals surface area contributed by atoms with E-state index in [1.54, 1.807) is 18.0 Å². The summed E-state index contributed by atoms with van der Waals surface area (Å²) in [7, 11) is 0. The van der Waals surface area contributed by atoms with Gasteiger partial charge in [-0.15, -0.1) is 11.8 Å². The molecule has 11 heavy (non-hydrogen) atoms. The molecule has 0 aliphatic rings. The second-order valence-corrected chi connectivity index (χ2v) is 3.16. The smallest absolute Gasteiger partial charge is 0.116 e. The zero-order chi connectivity index (χ0) is 8.10. The Labute approximate surface area is 70.2 Å². The first-order valence-corrected chi connectivity index (χ1v) is 4.47. The molecule has 1 aromatic heterocycles. The number of thioether (sulfide) groups is 1. The van der Waals surface area contributed by atoms with Gasteiger partial charge in [0.15, 0.2) is 0 Å². The Morgan fingerprint density at radius 1 is 1.73 bits per heavy atom. The maximum Gasteiger partial charge on any atom is 0.116 e. The molecule has 58 valence electrons. The molecule has 3 heteroatoms. The first-order valence-electron chi connectivity index (χ1n) is 3.32. The maximum atomic E-state index is 8.26. The van der Waals surface area contributed by atoms with E-state index in [0.29, 0.717) is 5.75 Å². The van der Waals surface area contributed by atoms with E-state index in [1.807, 2.05) is 13.0 Å². The molecule has 0 aliphatic carbocycles. The minimum Gasteiger partial charge on any atom is -0.468 e. The van der Waals surface area contributed by atoms with Crippen molar-refractivity contribution < 1.29 is 4.42 Å². The van der Waals surface area contributed by atoms with Crippen LogP contribution in [0.15, 0.2) is 16.7 Å². The van der Waals surface area contributed by atoms with Gasteiger partial charge in [0.2, 0.25) is 0 Å². The van der Waals surface area contributed by atoms with E-state index in [0.717, 1.165) is 17.1 Å². The van der Waals surface area contributed by atoms with Gasteiger partial charge in [-0.05, 0) is 18.6 Å². The Balaban J connectivity index is 2.40. The summed E-state index contributed by atoms with van der Waals surface area (Å²) in [5, 5.41) is 8.26. The van der Waals surface area contributed by atoms with Gasteiger partial charge >= 0.3 is 0 Å². The Hall–Kier alpha value is -0.880. The molecule has 2 nitrogen and oxygen atoms in total. The summed E-state index contributed by atoms with van der Waals surface area (Å²) in [4.78, 5) is 0. The van der Waals surface area contributed by atoms with Crippen molar-refractivity contribution in [2.24, 2.45) is 0 Å². The third kappa shape index (κ3) is 2.32. The number of nitriles is 1. The molecule has 0 unspecified atom stereocenters. The molecule has 0 radical (unpaired) electrons. The molecular weight excluding hydrogens is 158 g/mol. The average Bonchev–Trinajstić information content (AvgIpc) is 2.37. The highest BCUT2D eigenvalue weighted by Gasteiger charge is 2.00. The van der Waals surface area contributed by atoms with Gasteiger partial charge in [0.25, 0.3) is 0 Å². The van der Waals surface area contributed by atoms with E-state index in [1.165, 1.54) is 0 Å². The zero-order valence-corrected chi connectivity index (χ0v) is 7.15. The summed E-state index contributed by atoms with van der Waals surface area (Å²) < 4.78 is 5.18. The van der Waals surface area contributed by atoms with Crippen LogP contribution < -0.4 is 0 Å². The highest BCUT2D eigenvalue weighted by molar-refractivity contribution is 7.98. The summed E-state index contributed by atoms with van der Waals surface area (Å²) in [6.07, 6.45) is 1.68. The van der Waals surface area contributed by atoms with Crippen molar-refractivity contribution in [2.45, 2.75) is 12.7 Å². The normalized spacial score (nSPS) is 9.45. The summed E-state index contributed by atoms with van der Waals surface area (Å²) in [5.41, 5.74) is 1.16. The first-order chi connectivity index (χ1) is 5.34. The summed E-state index contributed by atoms with van der Waals surface area (Å²) in [5.74, 6) is 2.30. The Kier molecular flexibility index (Phi) is 3.06. The van der Waals surface area contributed by atoms with Gasteiger partial charge in [-0.2, -0.15) is 5.26 Å². The molecule has 0 amide bonds. The van der Waals surface area contributed by atoms with Crippen LogP contribution in [0.2, 0.25) is 0 Å². The number of hydrogen-bond donors (Lipinski definition) is 0. The lowest BCUT2D eigenvalue weighted by atomic mass is 10.3. The quantitative estimate of drug-likeness (QED) is 0.648. The molecule has 0 spiro atoms. The van der Waals surface area contributed by atoms with Crippen molar-refractivity contribution in [1.82, 2.24) is 0 Å². The fourth-order valence-corrected chi connectivity index (χ4v) is 1.42. The zero-order valence-electron chi connectivity index (χ0n) is 6.33. The van der Waals surface area contributed by atoms with E-state index in [9.17, 15) is 0 Å². The molecule has 0 atom stereocenters. The van der Waals surface area contributed by atoms with E-state index >= 15 is 0 Å². The molecule has 0 N–H and O–H groups in total. The molecule has 0 bridgehead atoms. The first kappa shape index (κ1) is 8.22. The lowest BCUT2D eigenvalue weighted by molar-refractivity contribution is 0.528. The van der Waals surface area contributed by atoms with Crippen LogP contribution in [0.1, 0.15) is 11.3 Å². The van der Waals surface area contributed by atoms with Crippen LogP contribution in [-0.2, 0) is 5.75 Å². The fraction of sp³-hybridized carbons (Fsp3) is 0.375. The van der Waals surface area contributed by atoms with Gasteiger partial charge in [-0.3, -0.25) is 0 Å². The monoisotopic (exact) mass is 167 g/mol. The fourth-order valence-electron chi connectivity index (χ4n) is 0.741. The standard InChI is InChI=1S/C8H9NOS/c1-7-2-4-10-8(7)6-11-5-3-9/h2,4H,5-6H2,1H3. The van der Waals surface area contributed by atoms with Gasteiger partial charge < -0.3 is 4.42 Å². The van der Waals surface area contributed by atoms with Crippen molar-refractivity contribution in [1.29, 1.82) is 5.26 Å².